The average Bonchev–Trinajstić information content (AvgIpc) is 3.08. The largest absolute Gasteiger partial charge is 0.465 e. The number of esters is 1. The summed E-state index contributed by atoms with van der Waals surface area (Å²) in [5.74, 6) is -0.259. The van der Waals surface area contributed by atoms with Crippen molar-refractivity contribution in [1.82, 2.24) is 0 Å². The van der Waals surface area contributed by atoms with E-state index in [2.05, 4.69) is 5.32 Å². The second-order valence-electron chi connectivity index (χ2n) is 5.71. The Morgan fingerprint density at radius 3 is 2.59 bits per heavy atom. The molecule has 114 valence electrons. The zero-order valence-electron chi connectivity index (χ0n) is 12.6. The summed E-state index contributed by atoms with van der Waals surface area (Å²) in [6, 6.07) is 11.2. The fourth-order valence-electron chi connectivity index (χ4n) is 3.09. The van der Waals surface area contributed by atoms with Crippen LogP contribution in [0.5, 0.6) is 0 Å². The van der Waals surface area contributed by atoms with E-state index in [1.807, 2.05) is 30.3 Å². The lowest BCUT2D eigenvalue weighted by atomic mass is 10.0. The van der Waals surface area contributed by atoms with Gasteiger partial charge in [-0.2, -0.15) is 0 Å². The number of benzene rings is 2. The molecule has 0 heterocycles. The number of methoxy groups -OCH3 is 1. The normalized spacial score (nSPS) is 15.0. The van der Waals surface area contributed by atoms with Crippen LogP contribution in [0.1, 0.15) is 36.0 Å². The van der Waals surface area contributed by atoms with Crippen molar-refractivity contribution in [1.29, 1.82) is 0 Å². The van der Waals surface area contributed by atoms with E-state index in [0.29, 0.717) is 11.3 Å². The van der Waals surface area contributed by atoms with Crippen molar-refractivity contribution in [3.8, 4) is 0 Å². The van der Waals surface area contributed by atoms with Crippen molar-refractivity contribution < 1.29 is 14.3 Å². The smallest absolute Gasteiger partial charge is 0.338 e. The minimum Gasteiger partial charge on any atom is -0.465 e. The SMILES string of the molecule is COC(=O)c1cc(NC(=O)C2CCCC2)cc2ccccc12. The van der Waals surface area contributed by atoms with E-state index in [-0.39, 0.29) is 11.8 Å². The van der Waals surface area contributed by atoms with Gasteiger partial charge in [0, 0.05) is 11.6 Å². The molecule has 0 atom stereocenters. The van der Waals surface area contributed by atoms with Gasteiger partial charge in [0.2, 0.25) is 5.91 Å². The number of carbonyl (C=O) groups excluding carboxylic acids is 2. The fraction of sp³-hybridized carbons (Fsp3) is 0.333. The fourth-order valence-corrected chi connectivity index (χ4v) is 3.09. The van der Waals surface area contributed by atoms with Gasteiger partial charge < -0.3 is 10.1 Å². The molecule has 4 heteroatoms. The van der Waals surface area contributed by atoms with Crippen molar-refractivity contribution in [3.05, 3.63) is 42.0 Å². The highest BCUT2D eigenvalue weighted by atomic mass is 16.5. The number of rotatable bonds is 3. The first kappa shape index (κ1) is 14.6. The summed E-state index contributed by atoms with van der Waals surface area (Å²) in [5.41, 5.74) is 1.12. The van der Waals surface area contributed by atoms with Crippen LogP contribution < -0.4 is 5.32 Å². The molecule has 3 rings (SSSR count). The van der Waals surface area contributed by atoms with E-state index in [4.69, 9.17) is 4.74 Å². The predicted molar refractivity (Wildman–Crippen MR) is 85.9 cm³/mol. The molecule has 2 aromatic rings. The van der Waals surface area contributed by atoms with Gasteiger partial charge in [0.25, 0.3) is 0 Å². The summed E-state index contributed by atoms with van der Waals surface area (Å²) in [6.07, 6.45) is 4.12. The van der Waals surface area contributed by atoms with Crippen LogP contribution in [0.4, 0.5) is 5.69 Å². The first-order chi connectivity index (χ1) is 10.7. The molecule has 0 spiro atoms. The summed E-state index contributed by atoms with van der Waals surface area (Å²) in [5, 5.41) is 4.69. The molecule has 0 aliphatic heterocycles. The van der Waals surface area contributed by atoms with Crippen LogP contribution in [-0.4, -0.2) is 19.0 Å². The monoisotopic (exact) mass is 297 g/mol. The first-order valence-corrected chi connectivity index (χ1v) is 7.61. The Hall–Kier alpha value is -2.36. The highest BCUT2D eigenvalue weighted by Crippen LogP contribution is 2.28. The quantitative estimate of drug-likeness (QED) is 0.878. The van der Waals surface area contributed by atoms with E-state index in [9.17, 15) is 9.59 Å². The second-order valence-corrected chi connectivity index (χ2v) is 5.71. The first-order valence-electron chi connectivity index (χ1n) is 7.61. The van der Waals surface area contributed by atoms with Gasteiger partial charge in [0.1, 0.15) is 0 Å². The maximum Gasteiger partial charge on any atom is 0.338 e. The Balaban J connectivity index is 1.95. The number of nitrogens with one attached hydrogen (secondary N) is 1. The van der Waals surface area contributed by atoms with E-state index in [1.165, 1.54) is 7.11 Å². The van der Waals surface area contributed by atoms with Crippen LogP contribution in [0.3, 0.4) is 0 Å². The van der Waals surface area contributed by atoms with E-state index < -0.39 is 5.97 Å². The zero-order valence-corrected chi connectivity index (χ0v) is 12.6. The van der Waals surface area contributed by atoms with E-state index >= 15 is 0 Å². The van der Waals surface area contributed by atoms with Gasteiger partial charge in [-0.3, -0.25) is 4.79 Å². The molecule has 1 amide bonds. The van der Waals surface area contributed by atoms with Crippen LogP contribution >= 0.6 is 0 Å². The van der Waals surface area contributed by atoms with Crippen molar-refractivity contribution in [2.45, 2.75) is 25.7 Å². The van der Waals surface area contributed by atoms with E-state index in [1.54, 1.807) is 6.07 Å². The maximum absolute atomic E-state index is 12.3. The molecule has 4 nitrogen and oxygen atoms in total. The van der Waals surface area contributed by atoms with Crippen LogP contribution in [-0.2, 0) is 9.53 Å². The molecular formula is C18H19NO3. The molecule has 1 N–H and O–H groups in total. The summed E-state index contributed by atoms with van der Waals surface area (Å²) in [4.78, 5) is 24.3. The third-order valence-electron chi connectivity index (χ3n) is 4.26. The van der Waals surface area contributed by atoms with Gasteiger partial charge in [-0.05, 0) is 35.7 Å². The molecule has 1 fully saturated rings. The second kappa shape index (κ2) is 6.18. The van der Waals surface area contributed by atoms with Crippen molar-refractivity contribution in [2.24, 2.45) is 5.92 Å². The van der Waals surface area contributed by atoms with Crippen LogP contribution in [0, 0.1) is 5.92 Å². The Kier molecular flexibility index (Phi) is 4.09. The van der Waals surface area contributed by atoms with Gasteiger partial charge in [0.05, 0.1) is 12.7 Å². The number of anilines is 1. The number of amides is 1. The Morgan fingerprint density at radius 1 is 1.14 bits per heavy atom. The Bertz CT molecular complexity index is 717. The molecule has 1 aliphatic carbocycles. The van der Waals surface area contributed by atoms with Gasteiger partial charge in [-0.25, -0.2) is 4.79 Å². The minimum absolute atomic E-state index is 0.0450. The topological polar surface area (TPSA) is 55.4 Å². The lowest BCUT2D eigenvalue weighted by Crippen LogP contribution is -2.20. The third-order valence-corrected chi connectivity index (χ3v) is 4.26. The molecule has 0 radical (unpaired) electrons. The summed E-state index contributed by atoms with van der Waals surface area (Å²) < 4.78 is 4.85. The highest BCUT2D eigenvalue weighted by Gasteiger charge is 2.23. The maximum atomic E-state index is 12.3. The minimum atomic E-state index is -0.395. The predicted octanol–water partition coefficient (Wildman–Crippen LogP) is 3.76. The van der Waals surface area contributed by atoms with Crippen molar-refractivity contribution in [3.63, 3.8) is 0 Å². The van der Waals surface area contributed by atoms with E-state index in [0.717, 1.165) is 36.5 Å². The van der Waals surface area contributed by atoms with Crippen LogP contribution in [0.25, 0.3) is 10.8 Å². The van der Waals surface area contributed by atoms with Crippen LogP contribution in [0.15, 0.2) is 36.4 Å². The molecule has 0 unspecified atom stereocenters. The Labute approximate surface area is 129 Å². The molecule has 1 saturated carbocycles. The summed E-state index contributed by atoms with van der Waals surface area (Å²) in [6.45, 7) is 0. The van der Waals surface area contributed by atoms with Gasteiger partial charge in [-0.15, -0.1) is 0 Å². The third kappa shape index (κ3) is 2.82. The van der Waals surface area contributed by atoms with Crippen LogP contribution in [0.2, 0.25) is 0 Å². The molecule has 2 aromatic carbocycles. The van der Waals surface area contributed by atoms with Gasteiger partial charge in [0.15, 0.2) is 0 Å². The number of hydrogen-bond donors (Lipinski definition) is 1. The lowest BCUT2D eigenvalue weighted by molar-refractivity contribution is -0.119. The number of carbonyl (C=O) groups is 2. The van der Waals surface area contributed by atoms with Gasteiger partial charge in [-0.1, -0.05) is 37.1 Å². The molecule has 0 saturated heterocycles. The molecule has 0 bridgehead atoms. The van der Waals surface area contributed by atoms with Crippen molar-refractivity contribution in [2.75, 3.05) is 12.4 Å². The lowest BCUT2D eigenvalue weighted by Gasteiger charge is -2.13. The summed E-state index contributed by atoms with van der Waals surface area (Å²) >= 11 is 0. The number of ether oxygens (including phenoxy) is 1. The highest BCUT2D eigenvalue weighted by molar-refractivity contribution is 6.07. The standard InChI is InChI=1S/C18H19NO3/c1-22-18(21)16-11-14(10-13-8-4-5-9-15(13)16)19-17(20)12-6-2-3-7-12/h4-5,8-12H,2-3,6-7H2,1H3,(H,19,20). The molecular weight excluding hydrogens is 278 g/mol. The Morgan fingerprint density at radius 2 is 1.86 bits per heavy atom. The zero-order chi connectivity index (χ0) is 15.5. The number of fused-ring (bicyclic) bond motifs is 1. The average molecular weight is 297 g/mol. The molecule has 1 aliphatic rings. The number of hydrogen-bond acceptors (Lipinski definition) is 3. The van der Waals surface area contributed by atoms with Gasteiger partial charge >= 0.3 is 5.97 Å². The molecule has 0 aromatic heterocycles. The summed E-state index contributed by atoms with van der Waals surface area (Å²) in [7, 11) is 1.36. The van der Waals surface area contributed by atoms with Crippen molar-refractivity contribution >= 4 is 28.3 Å². The molecule has 22 heavy (non-hydrogen) atoms.